The second kappa shape index (κ2) is 2.27. The molecule has 2 nitrogen and oxygen atoms in total. The highest BCUT2D eigenvalue weighted by atomic mass is 16.3. The van der Waals surface area contributed by atoms with E-state index < -0.39 is 5.60 Å². The minimum absolute atomic E-state index is 0.428. The van der Waals surface area contributed by atoms with Crippen LogP contribution in [-0.4, -0.2) is 17.3 Å². The molecule has 0 radical (unpaired) electrons. The van der Waals surface area contributed by atoms with Crippen LogP contribution < -0.4 is 5.73 Å². The lowest BCUT2D eigenvalue weighted by atomic mass is 10.0. The maximum Gasteiger partial charge on any atom is 0.0772 e. The van der Waals surface area contributed by atoms with Gasteiger partial charge in [-0.05, 0) is 25.2 Å². The average Bonchev–Trinajstić information content (AvgIpc) is 2.13. The lowest BCUT2D eigenvalue weighted by Crippen LogP contribution is -2.34. The van der Waals surface area contributed by atoms with Gasteiger partial charge in [-0.2, -0.15) is 0 Å². The summed E-state index contributed by atoms with van der Waals surface area (Å²) in [4.78, 5) is 0. The predicted octanol–water partition coefficient (Wildman–Crippen LogP) is 0.496. The summed E-state index contributed by atoms with van der Waals surface area (Å²) in [6.07, 6.45) is 2.92. The van der Waals surface area contributed by atoms with E-state index in [1.54, 1.807) is 0 Å². The van der Waals surface area contributed by atoms with Crippen LogP contribution in [-0.2, 0) is 0 Å². The Balaban J connectivity index is 2.45. The van der Waals surface area contributed by atoms with Crippen LogP contribution in [0.2, 0.25) is 0 Å². The van der Waals surface area contributed by atoms with E-state index in [2.05, 4.69) is 6.92 Å². The Morgan fingerprint density at radius 1 is 1.78 bits per heavy atom. The molecule has 0 saturated heterocycles. The Morgan fingerprint density at radius 3 is 2.67 bits per heavy atom. The summed E-state index contributed by atoms with van der Waals surface area (Å²) < 4.78 is 0. The SMILES string of the molecule is C[C@@H]1CC[C@](O)(CN)C1. The summed E-state index contributed by atoms with van der Waals surface area (Å²) >= 11 is 0. The first-order chi connectivity index (χ1) is 4.16. The molecular formula is C7H15NO. The van der Waals surface area contributed by atoms with Crippen molar-refractivity contribution in [3.05, 3.63) is 0 Å². The van der Waals surface area contributed by atoms with Crippen LogP contribution >= 0.6 is 0 Å². The molecule has 0 aromatic carbocycles. The Hall–Kier alpha value is -0.0800. The minimum atomic E-state index is -0.514. The summed E-state index contributed by atoms with van der Waals surface area (Å²) in [6, 6.07) is 0. The van der Waals surface area contributed by atoms with Gasteiger partial charge in [0, 0.05) is 6.54 Å². The quantitative estimate of drug-likeness (QED) is 0.541. The van der Waals surface area contributed by atoms with E-state index >= 15 is 0 Å². The smallest absolute Gasteiger partial charge is 0.0772 e. The van der Waals surface area contributed by atoms with Gasteiger partial charge in [0.2, 0.25) is 0 Å². The number of aliphatic hydroxyl groups is 1. The fraction of sp³-hybridized carbons (Fsp3) is 1.00. The number of rotatable bonds is 1. The van der Waals surface area contributed by atoms with Gasteiger partial charge in [0.15, 0.2) is 0 Å². The summed E-state index contributed by atoms with van der Waals surface area (Å²) in [5, 5.41) is 9.55. The summed E-state index contributed by atoms with van der Waals surface area (Å²) in [5.74, 6) is 0.665. The van der Waals surface area contributed by atoms with Gasteiger partial charge in [0.25, 0.3) is 0 Å². The third kappa shape index (κ3) is 1.43. The average molecular weight is 129 g/mol. The molecule has 0 aromatic heterocycles. The molecule has 1 saturated carbocycles. The molecule has 0 unspecified atom stereocenters. The Labute approximate surface area is 56.1 Å². The number of hydrogen-bond donors (Lipinski definition) is 2. The van der Waals surface area contributed by atoms with Gasteiger partial charge in [-0.25, -0.2) is 0 Å². The molecule has 2 atom stereocenters. The van der Waals surface area contributed by atoms with Crippen LogP contribution in [0.15, 0.2) is 0 Å². The summed E-state index contributed by atoms with van der Waals surface area (Å²) in [5.41, 5.74) is 4.87. The van der Waals surface area contributed by atoms with Gasteiger partial charge in [0.1, 0.15) is 0 Å². The van der Waals surface area contributed by atoms with Crippen LogP contribution in [0.25, 0.3) is 0 Å². The van der Waals surface area contributed by atoms with Crippen LogP contribution in [0, 0.1) is 5.92 Å². The van der Waals surface area contributed by atoms with Gasteiger partial charge >= 0.3 is 0 Å². The monoisotopic (exact) mass is 129 g/mol. The molecule has 1 aliphatic rings. The van der Waals surface area contributed by atoms with E-state index in [9.17, 15) is 5.11 Å². The first-order valence-corrected chi connectivity index (χ1v) is 3.59. The van der Waals surface area contributed by atoms with Crippen molar-refractivity contribution in [3.8, 4) is 0 Å². The molecule has 1 rings (SSSR count). The lowest BCUT2D eigenvalue weighted by molar-refractivity contribution is 0.0534. The maximum absolute atomic E-state index is 9.55. The van der Waals surface area contributed by atoms with Crippen LogP contribution in [0.5, 0.6) is 0 Å². The number of nitrogens with two attached hydrogens (primary N) is 1. The van der Waals surface area contributed by atoms with E-state index in [-0.39, 0.29) is 0 Å². The first kappa shape index (κ1) is 7.03. The minimum Gasteiger partial charge on any atom is -0.389 e. The summed E-state index contributed by atoms with van der Waals surface area (Å²) in [6.45, 7) is 2.59. The molecule has 9 heavy (non-hydrogen) atoms. The van der Waals surface area contributed by atoms with Gasteiger partial charge in [-0.15, -0.1) is 0 Å². The zero-order valence-corrected chi connectivity index (χ0v) is 5.93. The fourth-order valence-electron chi connectivity index (χ4n) is 1.55. The van der Waals surface area contributed by atoms with E-state index in [0.29, 0.717) is 12.5 Å². The van der Waals surface area contributed by atoms with E-state index in [4.69, 9.17) is 5.73 Å². The fourth-order valence-corrected chi connectivity index (χ4v) is 1.55. The van der Waals surface area contributed by atoms with Crippen molar-refractivity contribution in [2.75, 3.05) is 6.54 Å². The van der Waals surface area contributed by atoms with Crippen molar-refractivity contribution >= 4 is 0 Å². The summed E-state index contributed by atoms with van der Waals surface area (Å²) in [7, 11) is 0. The molecule has 0 aliphatic heterocycles. The van der Waals surface area contributed by atoms with Crippen molar-refractivity contribution in [2.45, 2.75) is 31.8 Å². The molecule has 0 spiro atoms. The van der Waals surface area contributed by atoms with Crippen molar-refractivity contribution in [2.24, 2.45) is 11.7 Å². The molecule has 0 amide bonds. The lowest BCUT2D eigenvalue weighted by Gasteiger charge is -2.18. The first-order valence-electron chi connectivity index (χ1n) is 3.59. The zero-order chi connectivity index (χ0) is 6.91. The van der Waals surface area contributed by atoms with Crippen LogP contribution in [0.4, 0.5) is 0 Å². The second-order valence-corrected chi connectivity index (χ2v) is 3.28. The highest BCUT2D eigenvalue weighted by Crippen LogP contribution is 2.32. The second-order valence-electron chi connectivity index (χ2n) is 3.28. The molecule has 0 heterocycles. The van der Waals surface area contributed by atoms with Gasteiger partial charge < -0.3 is 10.8 Å². The number of hydrogen-bond acceptors (Lipinski definition) is 2. The normalized spacial score (nSPS) is 43.7. The zero-order valence-electron chi connectivity index (χ0n) is 5.93. The maximum atomic E-state index is 9.55. The van der Waals surface area contributed by atoms with Crippen molar-refractivity contribution in [1.82, 2.24) is 0 Å². The predicted molar refractivity (Wildman–Crippen MR) is 37.0 cm³/mol. The van der Waals surface area contributed by atoms with Crippen LogP contribution in [0.1, 0.15) is 26.2 Å². The Kier molecular flexibility index (Phi) is 1.78. The Morgan fingerprint density at radius 2 is 2.44 bits per heavy atom. The highest BCUT2D eigenvalue weighted by molar-refractivity contribution is 4.87. The van der Waals surface area contributed by atoms with Crippen molar-refractivity contribution in [3.63, 3.8) is 0 Å². The van der Waals surface area contributed by atoms with E-state index in [1.807, 2.05) is 0 Å². The van der Waals surface area contributed by atoms with Gasteiger partial charge in [0.05, 0.1) is 5.60 Å². The van der Waals surface area contributed by atoms with Crippen molar-refractivity contribution < 1.29 is 5.11 Å². The molecule has 0 bridgehead atoms. The Bertz CT molecular complexity index is 105. The molecule has 3 N–H and O–H groups in total. The van der Waals surface area contributed by atoms with Crippen molar-refractivity contribution in [1.29, 1.82) is 0 Å². The van der Waals surface area contributed by atoms with Gasteiger partial charge in [-0.3, -0.25) is 0 Å². The molecule has 1 aliphatic carbocycles. The van der Waals surface area contributed by atoms with Crippen LogP contribution in [0.3, 0.4) is 0 Å². The third-order valence-corrected chi connectivity index (χ3v) is 2.21. The molecule has 1 fully saturated rings. The largest absolute Gasteiger partial charge is 0.389 e. The molecule has 0 aromatic rings. The third-order valence-electron chi connectivity index (χ3n) is 2.21. The molecule has 54 valence electrons. The van der Waals surface area contributed by atoms with Gasteiger partial charge in [-0.1, -0.05) is 6.92 Å². The molecule has 2 heteroatoms. The molecular weight excluding hydrogens is 114 g/mol. The highest BCUT2D eigenvalue weighted by Gasteiger charge is 2.33. The topological polar surface area (TPSA) is 46.2 Å². The van der Waals surface area contributed by atoms with E-state index in [1.165, 1.54) is 0 Å². The van der Waals surface area contributed by atoms with E-state index in [0.717, 1.165) is 19.3 Å². The standard InChI is InChI=1S/C7H15NO/c1-6-2-3-7(9,4-6)5-8/h6,9H,2-5,8H2,1H3/t6-,7-/m1/s1.